The third kappa shape index (κ3) is 3.33. The number of rotatable bonds is 4. The van der Waals surface area contributed by atoms with Crippen LogP contribution in [0.2, 0.25) is 0 Å². The van der Waals surface area contributed by atoms with Gasteiger partial charge in [-0.1, -0.05) is 12.1 Å². The van der Waals surface area contributed by atoms with Gasteiger partial charge in [0.15, 0.2) is 9.84 Å². The Morgan fingerprint density at radius 1 is 1.27 bits per heavy atom. The summed E-state index contributed by atoms with van der Waals surface area (Å²) in [5.74, 6) is 0.258. The second-order valence-electron chi connectivity index (χ2n) is 6.06. The lowest BCUT2D eigenvalue weighted by atomic mass is 9.96. The summed E-state index contributed by atoms with van der Waals surface area (Å²) in [6, 6.07) is 6.49. The molecule has 6 heteroatoms. The van der Waals surface area contributed by atoms with Crippen molar-refractivity contribution in [1.82, 2.24) is 4.90 Å². The van der Waals surface area contributed by atoms with Crippen LogP contribution in [0, 0.1) is 5.92 Å². The van der Waals surface area contributed by atoms with Crippen molar-refractivity contribution in [3.63, 3.8) is 0 Å². The van der Waals surface area contributed by atoms with E-state index in [9.17, 15) is 13.2 Å². The van der Waals surface area contributed by atoms with Gasteiger partial charge in [-0.3, -0.25) is 4.79 Å². The Morgan fingerprint density at radius 2 is 1.86 bits per heavy atom. The standard InChI is InChI=1S/C16H24N2O3S/c1-12(2)22(20,21)15-6-4-3-5-14(15)16(19)18-9-7-13(11-17)8-10-18/h3-6,12-13H,7-11,17H2,1-2H3. The van der Waals surface area contributed by atoms with Gasteiger partial charge >= 0.3 is 0 Å². The van der Waals surface area contributed by atoms with E-state index in [4.69, 9.17) is 5.73 Å². The summed E-state index contributed by atoms with van der Waals surface area (Å²) in [5, 5.41) is -0.551. The first-order chi connectivity index (χ1) is 10.4. The zero-order chi connectivity index (χ0) is 16.3. The third-order valence-electron chi connectivity index (χ3n) is 4.28. The van der Waals surface area contributed by atoms with E-state index in [1.807, 2.05) is 0 Å². The highest BCUT2D eigenvalue weighted by Crippen LogP contribution is 2.24. The Balaban J connectivity index is 2.28. The molecule has 122 valence electrons. The summed E-state index contributed by atoms with van der Waals surface area (Å²) in [6.07, 6.45) is 1.75. The van der Waals surface area contributed by atoms with Crippen molar-refractivity contribution in [1.29, 1.82) is 0 Å². The minimum Gasteiger partial charge on any atom is -0.339 e. The molecule has 0 aromatic heterocycles. The molecule has 1 fully saturated rings. The van der Waals surface area contributed by atoms with E-state index in [1.165, 1.54) is 6.07 Å². The monoisotopic (exact) mass is 324 g/mol. The molecule has 1 aliphatic heterocycles. The zero-order valence-electron chi connectivity index (χ0n) is 13.2. The summed E-state index contributed by atoms with van der Waals surface area (Å²) in [7, 11) is -3.47. The number of hydrogen-bond acceptors (Lipinski definition) is 4. The summed E-state index contributed by atoms with van der Waals surface area (Å²) >= 11 is 0. The van der Waals surface area contributed by atoms with Gasteiger partial charge in [-0.15, -0.1) is 0 Å². The number of likely N-dealkylation sites (tertiary alicyclic amines) is 1. The number of carbonyl (C=O) groups excluding carboxylic acids is 1. The Bertz CT molecular complexity index is 633. The smallest absolute Gasteiger partial charge is 0.255 e. The van der Waals surface area contributed by atoms with E-state index in [0.717, 1.165) is 12.8 Å². The molecule has 0 atom stereocenters. The highest BCUT2D eigenvalue weighted by atomic mass is 32.2. The molecule has 2 rings (SSSR count). The minimum atomic E-state index is -3.47. The first-order valence-electron chi connectivity index (χ1n) is 7.70. The summed E-state index contributed by atoms with van der Waals surface area (Å²) < 4.78 is 24.9. The molecule has 0 unspecified atom stereocenters. The number of benzene rings is 1. The number of nitrogens with two attached hydrogens (primary N) is 1. The molecule has 1 aromatic rings. The lowest BCUT2D eigenvalue weighted by molar-refractivity contribution is 0.0689. The number of sulfone groups is 1. The Labute approximate surface area is 132 Å². The van der Waals surface area contributed by atoms with Gasteiger partial charge in [-0.2, -0.15) is 0 Å². The van der Waals surface area contributed by atoms with Crippen LogP contribution in [-0.2, 0) is 9.84 Å². The molecule has 0 bridgehead atoms. The lowest BCUT2D eigenvalue weighted by Crippen LogP contribution is -2.40. The van der Waals surface area contributed by atoms with E-state index in [2.05, 4.69) is 0 Å². The molecule has 0 radical (unpaired) electrons. The maximum atomic E-state index is 12.7. The summed E-state index contributed by atoms with van der Waals surface area (Å²) in [5.41, 5.74) is 5.95. The second kappa shape index (κ2) is 6.79. The fourth-order valence-corrected chi connectivity index (χ4v) is 3.93. The van der Waals surface area contributed by atoms with Gasteiger partial charge in [0, 0.05) is 13.1 Å². The average Bonchev–Trinajstić information content (AvgIpc) is 2.54. The number of nitrogens with zero attached hydrogens (tertiary/aromatic N) is 1. The van der Waals surface area contributed by atoms with Gasteiger partial charge in [-0.25, -0.2) is 8.42 Å². The van der Waals surface area contributed by atoms with Crippen molar-refractivity contribution in [2.24, 2.45) is 11.7 Å². The molecule has 1 saturated heterocycles. The molecule has 0 saturated carbocycles. The number of piperidine rings is 1. The molecule has 0 spiro atoms. The number of hydrogen-bond donors (Lipinski definition) is 1. The predicted octanol–water partition coefficient (Wildman–Crippen LogP) is 1.68. The molecule has 0 aliphatic carbocycles. The molecular weight excluding hydrogens is 300 g/mol. The van der Waals surface area contributed by atoms with Crippen LogP contribution in [0.1, 0.15) is 37.0 Å². The van der Waals surface area contributed by atoms with Crippen molar-refractivity contribution in [3.8, 4) is 0 Å². The van der Waals surface area contributed by atoms with Crippen LogP contribution >= 0.6 is 0 Å². The first-order valence-corrected chi connectivity index (χ1v) is 9.24. The Kier molecular flexibility index (Phi) is 5.24. The molecule has 5 nitrogen and oxygen atoms in total. The fraction of sp³-hybridized carbons (Fsp3) is 0.562. The first kappa shape index (κ1) is 17.0. The zero-order valence-corrected chi connectivity index (χ0v) is 14.0. The maximum absolute atomic E-state index is 12.7. The summed E-state index contributed by atoms with van der Waals surface area (Å²) in [6.45, 7) is 5.17. The average molecular weight is 324 g/mol. The van der Waals surface area contributed by atoms with Crippen LogP contribution in [0.15, 0.2) is 29.2 Å². The normalized spacial score (nSPS) is 17.0. The van der Waals surface area contributed by atoms with Gasteiger partial charge in [0.2, 0.25) is 0 Å². The van der Waals surface area contributed by atoms with Crippen LogP contribution < -0.4 is 5.73 Å². The largest absolute Gasteiger partial charge is 0.339 e. The van der Waals surface area contributed by atoms with Gasteiger partial charge in [0.25, 0.3) is 5.91 Å². The number of carbonyl (C=O) groups is 1. The summed E-state index contributed by atoms with van der Waals surface area (Å²) in [4.78, 5) is 14.6. The molecule has 2 N–H and O–H groups in total. The fourth-order valence-electron chi connectivity index (χ4n) is 2.69. The predicted molar refractivity (Wildman–Crippen MR) is 86.4 cm³/mol. The molecule has 1 aromatic carbocycles. The maximum Gasteiger partial charge on any atom is 0.255 e. The van der Waals surface area contributed by atoms with Crippen molar-refractivity contribution >= 4 is 15.7 Å². The lowest BCUT2D eigenvalue weighted by Gasteiger charge is -2.32. The number of amides is 1. The quantitative estimate of drug-likeness (QED) is 0.914. The van der Waals surface area contributed by atoms with E-state index in [-0.39, 0.29) is 16.4 Å². The molecule has 22 heavy (non-hydrogen) atoms. The van der Waals surface area contributed by atoms with Crippen molar-refractivity contribution in [3.05, 3.63) is 29.8 Å². The second-order valence-corrected chi connectivity index (χ2v) is 8.53. The van der Waals surface area contributed by atoms with Crippen molar-refractivity contribution in [2.75, 3.05) is 19.6 Å². The van der Waals surface area contributed by atoms with Crippen molar-refractivity contribution < 1.29 is 13.2 Å². The van der Waals surface area contributed by atoms with Gasteiger partial charge < -0.3 is 10.6 Å². The highest BCUT2D eigenvalue weighted by Gasteiger charge is 2.29. The SMILES string of the molecule is CC(C)S(=O)(=O)c1ccccc1C(=O)N1CCC(CN)CC1. The topological polar surface area (TPSA) is 80.5 Å². The van der Waals surface area contributed by atoms with E-state index >= 15 is 0 Å². The third-order valence-corrected chi connectivity index (χ3v) is 6.49. The van der Waals surface area contributed by atoms with Crippen LogP contribution in [0.3, 0.4) is 0 Å². The molecular formula is C16H24N2O3S. The van der Waals surface area contributed by atoms with Crippen molar-refractivity contribution in [2.45, 2.75) is 36.8 Å². The van der Waals surface area contributed by atoms with Gasteiger partial charge in [0.1, 0.15) is 0 Å². The molecule has 1 heterocycles. The highest BCUT2D eigenvalue weighted by molar-refractivity contribution is 7.92. The molecule has 1 aliphatic rings. The van der Waals surface area contributed by atoms with Crippen LogP contribution in [0.5, 0.6) is 0 Å². The molecule has 1 amide bonds. The van der Waals surface area contributed by atoms with Gasteiger partial charge in [0.05, 0.1) is 15.7 Å². The van der Waals surface area contributed by atoms with Crippen LogP contribution in [0.4, 0.5) is 0 Å². The van der Waals surface area contributed by atoms with E-state index in [0.29, 0.717) is 25.6 Å². The van der Waals surface area contributed by atoms with E-state index in [1.54, 1.807) is 36.9 Å². The van der Waals surface area contributed by atoms with Crippen LogP contribution in [0.25, 0.3) is 0 Å². The minimum absolute atomic E-state index is 0.135. The van der Waals surface area contributed by atoms with Gasteiger partial charge in [-0.05, 0) is 51.3 Å². The van der Waals surface area contributed by atoms with E-state index < -0.39 is 15.1 Å². The Morgan fingerprint density at radius 3 is 2.41 bits per heavy atom. The Hall–Kier alpha value is -1.40. The van der Waals surface area contributed by atoms with Crippen LogP contribution in [-0.4, -0.2) is 44.1 Å².